The summed E-state index contributed by atoms with van der Waals surface area (Å²) in [6.45, 7) is 1.79. The molecule has 0 spiro atoms. The van der Waals surface area contributed by atoms with Crippen LogP contribution in [0.3, 0.4) is 0 Å². The first-order valence-electron chi connectivity index (χ1n) is 10.5. The summed E-state index contributed by atoms with van der Waals surface area (Å²) in [6.07, 6.45) is -2.41. The van der Waals surface area contributed by atoms with Crippen LogP contribution in [-0.4, -0.2) is 57.5 Å². The highest BCUT2D eigenvalue weighted by Crippen LogP contribution is 2.32. The zero-order valence-corrected chi connectivity index (χ0v) is 20.8. The Morgan fingerprint density at radius 2 is 1.97 bits per heavy atom. The minimum absolute atomic E-state index is 0.0124. The van der Waals surface area contributed by atoms with Crippen molar-refractivity contribution in [1.29, 1.82) is 0 Å². The summed E-state index contributed by atoms with van der Waals surface area (Å²) in [5.74, 6) is -0.252. The molecule has 2 aliphatic rings. The molecule has 12 heteroatoms. The SMILES string of the molecule is CC(Oc1ccc(S(C)(=O)=O)cc1C(=O)N1CCC(COC2=CC(Cl)=C(Cl)CC2)C1)C(F)(F)F. The number of benzene rings is 1. The summed E-state index contributed by atoms with van der Waals surface area (Å²) in [5, 5.41) is 0.998. The predicted molar refractivity (Wildman–Crippen MR) is 122 cm³/mol. The lowest BCUT2D eigenvalue weighted by Gasteiger charge is -2.23. The second-order valence-electron chi connectivity index (χ2n) is 8.31. The van der Waals surface area contributed by atoms with E-state index in [1.807, 2.05) is 0 Å². The Morgan fingerprint density at radius 1 is 1.26 bits per heavy atom. The first-order chi connectivity index (χ1) is 15.8. The van der Waals surface area contributed by atoms with Gasteiger partial charge in [0.15, 0.2) is 15.9 Å². The number of likely N-dealkylation sites (tertiary alicyclic amines) is 1. The van der Waals surface area contributed by atoms with Crippen molar-refractivity contribution in [2.24, 2.45) is 5.92 Å². The molecule has 1 aliphatic heterocycles. The molecule has 2 atom stereocenters. The molecule has 1 fully saturated rings. The standard InChI is InChI=1S/C22H24Cl2F3NO5S/c1-13(22(25,26)27)33-20-6-4-16(34(2,30)31)10-17(20)21(29)28-8-7-14(11-28)12-32-15-3-5-18(23)19(24)9-15/h4,6,9-10,13-14H,3,5,7-8,11-12H2,1-2H3. The molecular weight excluding hydrogens is 518 g/mol. The molecule has 3 rings (SSSR count). The van der Waals surface area contributed by atoms with Crippen molar-refractivity contribution < 1.29 is 35.9 Å². The van der Waals surface area contributed by atoms with Crippen LogP contribution in [0.1, 0.15) is 36.5 Å². The fourth-order valence-corrected chi connectivity index (χ4v) is 4.59. The van der Waals surface area contributed by atoms with Crippen LogP contribution in [0.4, 0.5) is 13.2 Å². The molecule has 0 aromatic heterocycles. The van der Waals surface area contributed by atoms with Gasteiger partial charge in [0.2, 0.25) is 0 Å². The van der Waals surface area contributed by atoms with Crippen LogP contribution < -0.4 is 4.74 Å². The molecule has 1 amide bonds. The van der Waals surface area contributed by atoms with Crippen molar-refractivity contribution in [3.05, 3.63) is 45.7 Å². The van der Waals surface area contributed by atoms with Gasteiger partial charge in [0.1, 0.15) is 5.75 Å². The highest BCUT2D eigenvalue weighted by atomic mass is 35.5. The number of hydrogen-bond acceptors (Lipinski definition) is 5. The van der Waals surface area contributed by atoms with Gasteiger partial charge in [-0.1, -0.05) is 23.2 Å². The van der Waals surface area contributed by atoms with Crippen LogP contribution >= 0.6 is 23.2 Å². The molecule has 0 saturated carbocycles. The Hall–Kier alpha value is -1.91. The fraction of sp³-hybridized carbons (Fsp3) is 0.500. The van der Waals surface area contributed by atoms with Crippen LogP contribution in [-0.2, 0) is 14.6 Å². The molecule has 0 bridgehead atoms. The van der Waals surface area contributed by atoms with Gasteiger partial charge in [0.25, 0.3) is 5.91 Å². The number of carbonyl (C=O) groups excluding carboxylic acids is 1. The summed E-state index contributed by atoms with van der Waals surface area (Å²) < 4.78 is 73.8. The van der Waals surface area contributed by atoms with Gasteiger partial charge in [-0.3, -0.25) is 4.79 Å². The third-order valence-electron chi connectivity index (χ3n) is 5.59. The summed E-state index contributed by atoms with van der Waals surface area (Å²) in [6, 6.07) is 3.26. The van der Waals surface area contributed by atoms with Crippen LogP contribution in [0, 0.1) is 5.92 Å². The Balaban J connectivity index is 1.74. The Kier molecular flexibility index (Phi) is 8.14. The minimum Gasteiger partial charge on any atom is -0.498 e. The van der Waals surface area contributed by atoms with Crippen molar-refractivity contribution in [1.82, 2.24) is 4.90 Å². The quantitative estimate of drug-likeness (QED) is 0.470. The van der Waals surface area contributed by atoms with E-state index in [1.54, 1.807) is 6.08 Å². The van der Waals surface area contributed by atoms with E-state index >= 15 is 0 Å². The van der Waals surface area contributed by atoms with Gasteiger partial charge < -0.3 is 14.4 Å². The third kappa shape index (κ3) is 6.60. The van der Waals surface area contributed by atoms with Crippen LogP contribution in [0.15, 0.2) is 45.0 Å². The van der Waals surface area contributed by atoms with Gasteiger partial charge in [-0.05, 0) is 44.0 Å². The lowest BCUT2D eigenvalue weighted by atomic mass is 10.1. The maximum Gasteiger partial charge on any atom is 0.425 e. The van der Waals surface area contributed by atoms with Crippen LogP contribution in [0.2, 0.25) is 0 Å². The molecule has 0 N–H and O–H groups in total. The normalized spacial score (nSPS) is 20.3. The van der Waals surface area contributed by atoms with E-state index in [-0.39, 0.29) is 22.1 Å². The van der Waals surface area contributed by atoms with E-state index < -0.39 is 28.0 Å². The Morgan fingerprint density at radius 3 is 2.59 bits per heavy atom. The van der Waals surface area contributed by atoms with Gasteiger partial charge in [-0.25, -0.2) is 8.42 Å². The molecular formula is C22H24Cl2F3NO5S. The largest absolute Gasteiger partial charge is 0.498 e. The van der Waals surface area contributed by atoms with Gasteiger partial charge in [-0.2, -0.15) is 13.2 Å². The maximum atomic E-state index is 13.2. The number of carbonyl (C=O) groups is 1. The molecule has 6 nitrogen and oxygen atoms in total. The second kappa shape index (κ2) is 10.4. The van der Waals surface area contributed by atoms with Gasteiger partial charge in [-0.15, -0.1) is 0 Å². The fourth-order valence-electron chi connectivity index (χ4n) is 3.57. The lowest BCUT2D eigenvalue weighted by molar-refractivity contribution is -0.189. The van der Waals surface area contributed by atoms with Crippen LogP contribution in [0.5, 0.6) is 5.75 Å². The van der Waals surface area contributed by atoms with Gasteiger partial charge in [0, 0.05) is 36.7 Å². The van der Waals surface area contributed by atoms with Crippen molar-refractivity contribution >= 4 is 38.9 Å². The number of nitrogens with zero attached hydrogens (tertiary/aromatic N) is 1. The molecule has 0 radical (unpaired) electrons. The predicted octanol–water partition coefficient (Wildman–Crippen LogP) is 5.27. The number of rotatable bonds is 7. The first kappa shape index (κ1) is 26.7. The molecule has 188 valence electrons. The van der Waals surface area contributed by atoms with Crippen molar-refractivity contribution in [2.45, 2.75) is 43.4 Å². The summed E-state index contributed by atoms with van der Waals surface area (Å²) in [4.78, 5) is 14.5. The minimum atomic E-state index is -4.65. The maximum absolute atomic E-state index is 13.2. The number of halogens is 5. The molecule has 1 aliphatic carbocycles. The summed E-state index contributed by atoms with van der Waals surface area (Å²) in [5.41, 5.74) is -0.234. The van der Waals surface area contributed by atoms with Gasteiger partial charge >= 0.3 is 6.18 Å². The molecule has 1 saturated heterocycles. The lowest BCUT2D eigenvalue weighted by Crippen LogP contribution is -2.33. The van der Waals surface area contributed by atoms with Gasteiger partial charge in [0.05, 0.1) is 27.9 Å². The second-order valence-corrected chi connectivity index (χ2v) is 11.2. The molecule has 1 aromatic carbocycles. The highest BCUT2D eigenvalue weighted by molar-refractivity contribution is 7.90. The number of alkyl halides is 3. The third-order valence-corrected chi connectivity index (χ3v) is 7.53. The zero-order chi connectivity index (χ0) is 25.3. The van der Waals surface area contributed by atoms with Crippen molar-refractivity contribution in [2.75, 3.05) is 26.0 Å². The van der Waals surface area contributed by atoms with E-state index in [1.165, 1.54) is 4.90 Å². The van der Waals surface area contributed by atoms with Crippen LogP contribution in [0.25, 0.3) is 0 Å². The number of sulfone groups is 1. The van der Waals surface area contributed by atoms with E-state index in [0.717, 1.165) is 31.4 Å². The number of allylic oxidation sites excluding steroid dienone is 4. The molecule has 34 heavy (non-hydrogen) atoms. The van der Waals surface area contributed by atoms with E-state index in [2.05, 4.69) is 0 Å². The Bertz CT molecular complexity index is 1120. The van der Waals surface area contributed by atoms with Crippen molar-refractivity contribution in [3.8, 4) is 5.75 Å². The molecule has 1 heterocycles. The highest BCUT2D eigenvalue weighted by Gasteiger charge is 2.39. The summed E-state index contributed by atoms with van der Waals surface area (Å²) >= 11 is 12.0. The number of ether oxygens (including phenoxy) is 2. The number of hydrogen-bond donors (Lipinski definition) is 0. The average Bonchev–Trinajstić information content (AvgIpc) is 3.22. The van der Waals surface area contributed by atoms with E-state index in [4.69, 9.17) is 32.7 Å². The summed E-state index contributed by atoms with van der Waals surface area (Å²) in [7, 11) is -3.69. The van der Waals surface area contributed by atoms with Crippen molar-refractivity contribution in [3.63, 3.8) is 0 Å². The topological polar surface area (TPSA) is 72.9 Å². The average molecular weight is 542 g/mol. The molecule has 2 unspecified atom stereocenters. The van der Waals surface area contributed by atoms with E-state index in [9.17, 15) is 26.4 Å². The monoisotopic (exact) mass is 541 g/mol. The Labute approximate surface area is 206 Å². The molecule has 1 aromatic rings. The first-order valence-corrected chi connectivity index (χ1v) is 13.1. The smallest absolute Gasteiger partial charge is 0.425 e. The van der Waals surface area contributed by atoms with E-state index in [0.29, 0.717) is 54.8 Å². The number of amides is 1. The zero-order valence-electron chi connectivity index (χ0n) is 18.5.